The highest BCUT2D eigenvalue weighted by molar-refractivity contribution is 6.19. The van der Waals surface area contributed by atoms with E-state index in [1.807, 2.05) is 48.5 Å². The molecule has 0 radical (unpaired) electrons. The van der Waals surface area contributed by atoms with Crippen molar-refractivity contribution in [3.63, 3.8) is 0 Å². The molecule has 6 aromatic carbocycles. The quantitative estimate of drug-likeness (QED) is 0.192. The van der Waals surface area contributed by atoms with Crippen molar-refractivity contribution in [3.8, 4) is 56.3 Å². The molecule has 3 heterocycles. The van der Waals surface area contributed by atoms with Crippen LogP contribution in [0.5, 0.6) is 0 Å². The highest BCUT2D eigenvalue weighted by Crippen LogP contribution is 2.49. The summed E-state index contributed by atoms with van der Waals surface area (Å²) >= 11 is 0. The second-order valence-corrected chi connectivity index (χ2v) is 13.6. The first-order valence-electron chi connectivity index (χ1n) is 17.0. The molecule has 0 aliphatic heterocycles. The summed E-state index contributed by atoms with van der Waals surface area (Å²) < 4.78 is 6.43. The van der Waals surface area contributed by atoms with Crippen molar-refractivity contribution in [2.24, 2.45) is 0 Å². The molecular formula is C46H31N3O. The Hall–Kier alpha value is -6.39. The zero-order valence-corrected chi connectivity index (χ0v) is 27.7. The molecule has 10 rings (SSSR count). The third-order valence-corrected chi connectivity index (χ3v) is 10.3. The Bertz CT molecular complexity index is 2780. The molecule has 3 aromatic heterocycles. The Morgan fingerprint density at radius 3 is 1.96 bits per heavy atom. The van der Waals surface area contributed by atoms with Crippen molar-refractivity contribution in [1.82, 2.24) is 15.0 Å². The van der Waals surface area contributed by atoms with E-state index in [4.69, 9.17) is 19.4 Å². The summed E-state index contributed by atoms with van der Waals surface area (Å²) in [5.41, 5.74) is 14.6. The van der Waals surface area contributed by atoms with Crippen molar-refractivity contribution >= 4 is 32.8 Å². The maximum atomic E-state index is 6.43. The largest absolute Gasteiger partial charge is 0.455 e. The molecule has 50 heavy (non-hydrogen) atoms. The number of hydrogen-bond acceptors (Lipinski definition) is 4. The van der Waals surface area contributed by atoms with Gasteiger partial charge >= 0.3 is 0 Å². The van der Waals surface area contributed by atoms with Crippen LogP contribution >= 0.6 is 0 Å². The van der Waals surface area contributed by atoms with Crippen LogP contribution in [0.25, 0.3) is 89.1 Å². The highest BCUT2D eigenvalue weighted by Gasteiger charge is 2.35. The predicted octanol–water partition coefficient (Wildman–Crippen LogP) is 11.9. The van der Waals surface area contributed by atoms with Crippen molar-refractivity contribution in [2.45, 2.75) is 19.3 Å². The topological polar surface area (TPSA) is 51.8 Å². The molecule has 0 bridgehead atoms. The second kappa shape index (κ2) is 10.8. The molecule has 0 atom stereocenters. The number of hydrogen-bond donors (Lipinski definition) is 0. The van der Waals surface area contributed by atoms with Crippen LogP contribution in [0.2, 0.25) is 0 Å². The maximum Gasteiger partial charge on any atom is 0.160 e. The molecular weight excluding hydrogens is 611 g/mol. The summed E-state index contributed by atoms with van der Waals surface area (Å²) in [6.07, 6.45) is 0. The molecule has 9 aromatic rings. The number of pyridine rings is 1. The lowest BCUT2D eigenvalue weighted by atomic mass is 9.82. The molecule has 0 fully saturated rings. The van der Waals surface area contributed by atoms with E-state index in [0.29, 0.717) is 5.82 Å². The Morgan fingerprint density at radius 2 is 1.12 bits per heavy atom. The van der Waals surface area contributed by atoms with Gasteiger partial charge in [-0.1, -0.05) is 135 Å². The lowest BCUT2D eigenvalue weighted by Crippen LogP contribution is -2.14. The monoisotopic (exact) mass is 641 g/mol. The van der Waals surface area contributed by atoms with E-state index < -0.39 is 0 Å². The van der Waals surface area contributed by atoms with Crippen LogP contribution in [0.3, 0.4) is 0 Å². The van der Waals surface area contributed by atoms with Crippen LogP contribution in [-0.2, 0) is 5.41 Å². The number of rotatable bonds is 4. The fraction of sp³-hybridized carbons (Fsp3) is 0.0652. The zero-order valence-electron chi connectivity index (χ0n) is 27.7. The van der Waals surface area contributed by atoms with E-state index in [2.05, 4.69) is 117 Å². The van der Waals surface area contributed by atoms with Crippen LogP contribution in [0.15, 0.2) is 156 Å². The lowest BCUT2D eigenvalue weighted by Gasteiger charge is -2.22. The lowest BCUT2D eigenvalue weighted by molar-refractivity contribution is 0.660. The Morgan fingerprint density at radius 1 is 0.480 bits per heavy atom. The van der Waals surface area contributed by atoms with E-state index >= 15 is 0 Å². The summed E-state index contributed by atoms with van der Waals surface area (Å²) in [6, 6.07) is 52.8. The van der Waals surface area contributed by atoms with Gasteiger partial charge in [-0.25, -0.2) is 15.0 Å². The maximum absolute atomic E-state index is 6.43. The van der Waals surface area contributed by atoms with Crippen molar-refractivity contribution in [1.29, 1.82) is 0 Å². The minimum atomic E-state index is -0.0988. The summed E-state index contributed by atoms with van der Waals surface area (Å²) in [5, 5.41) is 3.11. The molecule has 1 aliphatic carbocycles. The van der Waals surface area contributed by atoms with Gasteiger partial charge in [0, 0.05) is 38.4 Å². The third kappa shape index (κ3) is 4.35. The van der Waals surface area contributed by atoms with Crippen molar-refractivity contribution < 1.29 is 4.42 Å². The Labute approximate surface area is 289 Å². The number of fused-ring (bicyclic) bond motifs is 8. The first kappa shape index (κ1) is 28.6. The van der Waals surface area contributed by atoms with Gasteiger partial charge in [0.1, 0.15) is 11.2 Å². The van der Waals surface area contributed by atoms with Gasteiger partial charge in [0.2, 0.25) is 0 Å². The third-order valence-electron chi connectivity index (χ3n) is 10.3. The van der Waals surface area contributed by atoms with Gasteiger partial charge in [0.25, 0.3) is 0 Å². The molecule has 0 saturated heterocycles. The second-order valence-electron chi connectivity index (χ2n) is 13.6. The molecule has 0 unspecified atom stereocenters. The molecule has 0 saturated carbocycles. The van der Waals surface area contributed by atoms with Gasteiger partial charge in [0.15, 0.2) is 5.82 Å². The minimum absolute atomic E-state index is 0.0988. The SMILES string of the molecule is CC1(C)c2ccccc2-c2ccc(-c3cc(-c4ccc(-c5nc6ccccc6c6oc7ccccc7c56)cc4)nc(-c4ccccc4)n3)cc21. The number of aromatic nitrogens is 3. The highest BCUT2D eigenvalue weighted by atomic mass is 16.3. The molecule has 0 amide bonds. The minimum Gasteiger partial charge on any atom is -0.455 e. The molecule has 0 spiro atoms. The summed E-state index contributed by atoms with van der Waals surface area (Å²) in [4.78, 5) is 15.4. The fourth-order valence-corrected chi connectivity index (χ4v) is 7.74. The smallest absolute Gasteiger partial charge is 0.160 e. The average Bonchev–Trinajstić information content (AvgIpc) is 3.68. The molecule has 1 aliphatic rings. The van der Waals surface area contributed by atoms with Crippen LogP contribution in [0.4, 0.5) is 0 Å². The Balaban J connectivity index is 1.11. The molecule has 4 heteroatoms. The van der Waals surface area contributed by atoms with E-state index in [1.54, 1.807) is 0 Å². The van der Waals surface area contributed by atoms with E-state index in [9.17, 15) is 0 Å². The molecule has 4 nitrogen and oxygen atoms in total. The van der Waals surface area contributed by atoms with Gasteiger partial charge in [0.05, 0.1) is 28.0 Å². The zero-order chi connectivity index (χ0) is 33.4. The Kier molecular flexibility index (Phi) is 6.19. The summed E-state index contributed by atoms with van der Waals surface area (Å²) in [6.45, 7) is 4.63. The van der Waals surface area contributed by atoms with Gasteiger partial charge in [-0.3, -0.25) is 0 Å². The van der Waals surface area contributed by atoms with Gasteiger partial charge in [-0.2, -0.15) is 0 Å². The average molecular weight is 642 g/mol. The van der Waals surface area contributed by atoms with Crippen molar-refractivity contribution in [2.75, 3.05) is 0 Å². The molecule has 236 valence electrons. The van der Waals surface area contributed by atoms with E-state index in [-0.39, 0.29) is 5.41 Å². The van der Waals surface area contributed by atoms with Gasteiger partial charge < -0.3 is 4.42 Å². The number of furan rings is 1. The standard InChI is InChI=1S/C46H31N3O/c1-46(2)36-17-9-6-14-32(36)33-25-24-31(26-37(33)46)40-27-39(48-45(49-40)30-12-4-3-5-13-30)28-20-22-29(23-21-28)43-42-35-16-8-11-19-41(35)50-44(42)34-15-7-10-18-38(34)47-43/h3-27H,1-2H3. The van der Waals surface area contributed by atoms with Gasteiger partial charge in [-0.15, -0.1) is 0 Å². The summed E-state index contributed by atoms with van der Waals surface area (Å²) in [7, 11) is 0. The van der Waals surface area contributed by atoms with E-state index in [0.717, 1.165) is 72.2 Å². The van der Waals surface area contributed by atoms with E-state index in [1.165, 1.54) is 22.3 Å². The van der Waals surface area contributed by atoms with Crippen LogP contribution in [0.1, 0.15) is 25.0 Å². The van der Waals surface area contributed by atoms with Gasteiger partial charge in [-0.05, 0) is 52.6 Å². The fourth-order valence-electron chi connectivity index (χ4n) is 7.74. The first-order valence-corrected chi connectivity index (χ1v) is 17.0. The number of nitrogens with zero attached hydrogens (tertiary/aromatic N) is 3. The number of para-hydroxylation sites is 2. The van der Waals surface area contributed by atoms with Crippen LogP contribution in [0, 0.1) is 0 Å². The number of benzene rings is 6. The van der Waals surface area contributed by atoms with Crippen LogP contribution < -0.4 is 0 Å². The first-order chi connectivity index (χ1) is 24.5. The van der Waals surface area contributed by atoms with Crippen LogP contribution in [-0.4, -0.2) is 15.0 Å². The summed E-state index contributed by atoms with van der Waals surface area (Å²) in [5.74, 6) is 0.702. The predicted molar refractivity (Wildman–Crippen MR) is 204 cm³/mol. The van der Waals surface area contributed by atoms with Crippen molar-refractivity contribution in [3.05, 3.63) is 163 Å². The normalized spacial score (nSPS) is 13.2. The molecule has 0 N–H and O–H groups in total.